The van der Waals surface area contributed by atoms with E-state index in [0.29, 0.717) is 11.5 Å². The van der Waals surface area contributed by atoms with Crippen molar-refractivity contribution in [1.29, 1.82) is 0 Å². The van der Waals surface area contributed by atoms with Crippen molar-refractivity contribution in [2.45, 2.75) is 20.2 Å². The molecule has 0 aliphatic rings. The highest BCUT2D eigenvalue weighted by Crippen LogP contribution is 2.26. The number of nitrogens with two attached hydrogens (primary N) is 1. The number of anilines is 1. The molecule has 1 heterocycles. The third-order valence-electron chi connectivity index (χ3n) is 3.68. The van der Waals surface area contributed by atoms with E-state index in [-0.39, 0.29) is 5.75 Å². The molecule has 0 radical (unpaired) electrons. The van der Waals surface area contributed by atoms with E-state index >= 15 is 0 Å². The van der Waals surface area contributed by atoms with Gasteiger partial charge in [0.1, 0.15) is 12.1 Å². The van der Waals surface area contributed by atoms with Crippen molar-refractivity contribution in [2.75, 3.05) is 5.73 Å². The standard InChI is InChI=1S/C17H15F3N4O/c1-10-7-12(8-11(2)15(10)21)16-22-9-24(23-16)13-3-5-14(6-4-13)25-17(18,19)20/h3-9H,21H2,1-2H3. The Morgan fingerprint density at radius 1 is 1.04 bits per heavy atom. The van der Waals surface area contributed by atoms with Gasteiger partial charge in [-0.2, -0.15) is 0 Å². The summed E-state index contributed by atoms with van der Waals surface area (Å²) >= 11 is 0. The summed E-state index contributed by atoms with van der Waals surface area (Å²) in [4.78, 5) is 4.26. The zero-order chi connectivity index (χ0) is 18.2. The first-order valence-electron chi connectivity index (χ1n) is 7.38. The Hall–Kier alpha value is -3.03. The van der Waals surface area contributed by atoms with Gasteiger partial charge in [-0.15, -0.1) is 18.3 Å². The maximum Gasteiger partial charge on any atom is 0.573 e. The van der Waals surface area contributed by atoms with Crippen LogP contribution in [0, 0.1) is 13.8 Å². The van der Waals surface area contributed by atoms with Crippen molar-refractivity contribution in [2.24, 2.45) is 0 Å². The number of nitrogens with zero attached hydrogens (tertiary/aromatic N) is 3. The minimum Gasteiger partial charge on any atom is -0.406 e. The van der Waals surface area contributed by atoms with Gasteiger partial charge in [-0.1, -0.05) is 0 Å². The number of alkyl halides is 3. The van der Waals surface area contributed by atoms with Crippen molar-refractivity contribution < 1.29 is 17.9 Å². The van der Waals surface area contributed by atoms with Gasteiger partial charge in [-0.3, -0.25) is 0 Å². The molecule has 3 aromatic rings. The molecule has 1 aromatic heterocycles. The second-order valence-corrected chi connectivity index (χ2v) is 5.58. The Balaban J connectivity index is 1.86. The predicted molar refractivity (Wildman–Crippen MR) is 87.4 cm³/mol. The van der Waals surface area contributed by atoms with Gasteiger partial charge in [0, 0.05) is 11.3 Å². The number of aromatic nitrogens is 3. The Kier molecular flexibility index (Phi) is 4.12. The van der Waals surface area contributed by atoms with Crippen LogP contribution in [-0.4, -0.2) is 21.1 Å². The fourth-order valence-corrected chi connectivity index (χ4v) is 2.42. The van der Waals surface area contributed by atoms with Crippen LogP contribution in [0.5, 0.6) is 5.75 Å². The van der Waals surface area contributed by atoms with Crippen LogP contribution in [0.1, 0.15) is 11.1 Å². The summed E-state index contributed by atoms with van der Waals surface area (Å²) in [6.07, 6.45) is -3.22. The molecule has 0 saturated carbocycles. The molecule has 130 valence electrons. The summed E-state index contributed by atoms with van der Waals surface area (Å²) in [5.74, 6) is 0.211. The molecule has 0 saturated heterocycles. The molecular weight excluding hydrogens is 333 g/mol. The van der Waals surface area contributed by atoms with Crippen LogP contribution in [-0.2, 0) is 0 Å². The lowest BCUT2D eigenvalue weighted by Crippen LogP contribution is -2.17. The van der Waals surface area contributed by atoms with Crippen LogP contribution >= 0.6 is 0 Å². The fraction of sp³-hybridized carbons (Fsp3) is 0.176. The predicted octanol–water partition coefficient (Wildman–Crippen LogP) is 4.03. The van der Waals surface area contributed by atoms with Crippen molar-refractivity contribution in [3.8, 4) is 22.8 Å². The SMILES string of the molecule is Cc1cc(-c2ncn(-c3ccc(OC(F)(F)F)cc3)n2)cc(C)c1N. The van der Waals surface area contributed by atoms with Crippen molar-refractivity contribution in [3.63, 3.8) is 0 Å². The molecule has 0 atom stereocenters. The van der Waals surface area contributed by atoms with Gasteiger partial charge in [0.25, 0.3) is 0 Å². The van der Waals surface area contributed by atoms with E-state index in [9.17, 15) is 13.2 Å². The zero-order valence-electron chi connectivity index (χ0n) is 13.5. The molecule has 3 rings (SSSR count). The largest absolute Gasteiger partial charge is 0.573 e. The van der Waals surface area contributed by atoms with Gasteiger partial charge in [-0.05, 0) is 61.4 Å². The number of ether oxygens (including phenoxy) is 1. The second kappa shape index (κ2) is 6.12. The van der Waals surface area contributed by atoms with E-state index in [2.05, 4.69) is 14.8 Å². The monoisotopic (exact) mass is 348 g/mol. The van der Waals surface area contributed by atoms with Crippen LogP contribution in [0.4, 0.5) is 18.9 Å². The average molecular weight is 348 g/mol. The Bertz CT molecular complexity index is 878. The molecule has 0 unspecified atom stereocenters. The number of hydrogen-bond acceptors (Lipinski definition) is 4. The minimum absolute atomic E-state index is 0.290. The first-order valence-corrected chi connectivity index (χ1v) is 7.38. The summed E-state index contributed by atoms with van der Waals surface area (Å²) in [6.45, 7) is 3.81. The first-order chi connectivity index (χ1) is 11.7. The minimum atomic E-state index is -4.72. The highest BCUT2D eigenvalue weighted by Gasteiger charge is 2.30. The van der Waals surface area contributed by atoms with Gasteiger partial charge in [0.2, 0.25) is 0 Å². The number of hydrogen-bond donors (Lipinski definition) is 1. The highest BCUT2D eigenvalue weighted by atomic mass is 19.4. The lowest BCUT2D eigenvalue weighted by atomic mass is 10.0. The molecule has 5 nitrogen and oxygen atoms in total. The number of benzene rings is 2. The number of nitrogen functional groups attached to an aromatic ring is 1. The molecule has 0 fully saturated rings. The average Bonchev–Trinajstić information content (AvgIpc) is 3.01. The zero-order valence-corrected chi connectivity index (χ0v) is 13.5. The van der Waals surface area contributed by atoms with Crippen LogP contribution in [0.3, 0.4) is 0 Å². The summed E-state index contributed by atoms with van der Waals surface area (Å²) < 4.78 is 41.9. The van der Waals surface area contributed by atoms with Crippen LogP contribution in [0.25, 0.3) is 17.1 Å². The maximum absolute atomic E-state index is 12.2. The second-order valence-electron chi connectivity index (χ2n) is 5.58. The third kappa shape index (κ3) is 3.73. The van der Waals surface area contributed by atoms with Gasteiger partial charge < -0.3 is 10.5 Å². The topological polar surface area (TPSA) is 66.0 Å². The van der Waals surface area contributed by atoms with Gasteiger partial charge in [-0.25, -0.2) is 9.67 Å². The summed E-state index contributed by atoms with van der Waals surface area (Å²) in [5, 5.41) is 4.37. The van der Waals surface area contributed by atoms with Crippen LogP contribution < -0.4 is 10.5 Å². The Labute approximate surface area is 141 Å². The fourth-order valence-electron chi connectivity index (χ4n) is 2.42. The molecule has 0 spiro atoms. The van der Waals surface area contributed by atoms with Crippen LogP contribution in [0.15, 0.2) is 42.7 Å². The van der Waals surface area contributed by atoms with E-state index in [1.54, 1.807) is 0 Å². The molecule has 0 amide bonds. The van der Waals surface area contributed by atoms with E-state index in [1.165, 1.54) is 35.3 Å². The van der Waals surface area contributed by atoms with Gasteiger partial charge >= 0.3 is 6.36 Å². The lowest BCUT2D eigenvalue weighted by molar-refractivity contribution is -0.274. The van der Waals surface area contributed by atoms with E-state index in [0.717, 1.165) is 22.4 Å². The van der Waals surface area contributed by atoms with E-state index < -0.39 is 6.36 Å². The van der Waals surface area contributed by atoms with E-state index in [4.69, 9.17) is 5.73 Å². The molecular formula is C17H15F3N4O. The Morgan fingerprint density at radius 3 is 2.20 bits per heavy atom. The van der Waals surface area contributed by atoms with Crippen molar-refractivity contribution in [1.82, 2.24) is 14.8 Å². The highest BCUT2D eigenvalue weighted by molar-refractivity contribution is 5.65. The van der Waals surface area contributed by atoms with Crippen molar-refractivity contribution in [3.05, 3.63) is 53.9 Å². The molecule has 25 heavy (non-hydrogen) atoms. The molecule has 2 N–H and O–H groups in total. The molecule has 0 aliphatic heterocycles. The van der Waals surface area contributed by atoms with Crippen LogP contribution in [0.2, 0.25) is 0 Å². The first kappa shape index (κ1) is 16.8. The van der Waals surface area contributed by atoms with Gasteiger partial charge in [0.05, 0.1) is 5.69 Å². The molecule has 0 aliphatic carbocycles. The third-order valence-corrected chi connectivity index (χ3v) is 3.68. The number of aryl methyl sites for hydroxylation is 2. The van der Waals surface area contributed by atoms with Gasteiger partial charge in [0.15, 0.2) is 5.82 Å². The smallest absolute Gasteiger partial charge is 0.406 e. The Morgan fingerprint density at radius 2 is 1.64 bits per heavy atom. The normalized spacial score (nSPS) is 11.6. The molecule has 2 aromatic carbocycles. The summed E-state index contributed by atoms with van der Waals surface area (Å²) in [5.41, 5.74) is 9.92. The summed E-state index contributed by atoms with van der Waals surface area (Å²) in [7, 11) is 0. The molecule has 8 heteroatoms. The lowest BCUT2D eigenvalue weighted by Gasteiger charge is -2.09. The number of rotatable bonds is 3. The molecule has 0 bridgehead atoms. The number of halogens is 3. The summed E-state index contributed by atoms with van der Waals surface area (Å²) in [6, 6.07) is 9.17. The maximum atomic E-state index is 12.2. The quantitative estimate of drug-likeness (QED) is 0.726. The van der Waals surface area contributed by atoms with E-state index in [1.807, 2.05) is 26.0 Å². The van der Waals surface area contributed by atoms with Crippen molar-refractivity contribution >= 4 is 5.69 Å².